The molecule has 1 heterocycles. The molecule has 0 fully saturated rings. The molecule has 0 atom stereocenters. The molecule has 0 saturated heterocycles. The second-order valence-electron chi connectivity index (χ2n) is 4.37. The second-order valence-corrected chi connectivity index (χ2v) is 6.32. The number of halogens is 1. The highest BCUT2D eigenvalue weighted by Gasteiger charge is 2.10. The van der Waals surface area contributed by atoms with E-state index < -0.39 is 0 Å². The first-order valence-electron chi connectivity index (χ1n) is 6.30. The molecule has 2 rings (SSSR count). The fourth-order valence-electron chi connectivity index (χ4n) is 1.65. The number of carbonyl (C=O) groups is 1. The summed E-state index contributed by atoms with van der Waals surface area (Å²) in [6.07, 6.45) is 0.465. The van der Waals surface area contributed by atoms with Crippen LogP contribution in [-0.2, 0) is 11.2 Å². The van der Waals surface area contributed by atoms with Gasteiger partial charge in [-0.25, -0.2) is 0 Å². The van der Waals surface area contributed by atoms with Crippen LogP contribution in [0.3, 0.4) is 0 Å². The Bertz CT molecular complexity index is 540. The summed E-state index contributed by atoms with van der Waals surface area (Å²) in [4.78, 5) is 14.8. The van der Waals surface area contributed by atoms with E-state index in [0.717, 1.165) is 15.1 Å². The summed E-state index contributed by atoms with van der Waals surface area (Å²) in [6.45, 7) is 1.08. The zero-order chi connectivity index (χ0) is 14.4. The summed E-state index contributed by atoms with van der Waals surface area (Å²) in [5, 5.41) is 1.99. The minimum Gasteiger partial charge on any atom is -0.492 e. The first kappa shape index (κ1) is 15.1. The minimum atomic E-state index is 0.117. The van der Waals surface area contributed by atoms with Crippen molar-refractivity contribution in [3.05, 3.63) is 51.1 Å². The number of ether oxygens (including phenoxy) is 1. The standard InChI is InChI=1S/C15H16BrNO2S/c1-17(15(18)11-14-3-2-10-20-14)8-9-19-13-6-4-12(16)5-7-13/h2-7,10H,8-9,11H2,1H3. The topological polar surface area (TPSA) is 29.5 Å². The van der Waals surface area contributed by atoms with Gasteiger partial charge in [0.15, 0.2) is 0 Å². The maximum absolute atomic E-state index is 12.0. The van der Waals surface area contributed by atoms with Gasteiger partial charge in [0.2, 0.25) is 5.91 Å². The van der Waals surface area contributed by atoms with Crippen LogP contribution in [0.25, 0.3) is 0 Å². The normalized spacial score (nSPS) is 10.3. The highest BCUT2D eigenvalue weighted by molar-refractivity contribution is 9.10. The fourth-order valence-corrected chi connectivity index (χ4v) is 2.61. The first-order valence-corrected chi connectivity index (χ1v) is 7.97. The van der Waals surface area contributed by atoms with Crippen molar-refractivity contribution in [1.29, 1.82) is 0 Å². The molecular weight excluding hydrogens is 338 g/mol. The van der Waals surface area contributed by atoms with Gasteiger partial charge >= 0.3 is 0 Å². The van der Waals surface area contributed by atoms with Crippen LogP contribution in [0.1, 0.15) is 4.88 Å². The molecule has 20 heavy (non-hydrogen) atoms. The van der Waals surface area contributed by atoms with Crippen LogP contribution in [0.4, 0.5) is 0 Å². The molecule has 1 amide bonds. The van der Waals surface area contributed by atoms with E-state index >= 15 is 0 Å². The maximum atomic E-state index is 12.0. The van der Waals surface area contributed by atoms with Gasteiger partial charge in [-0.2, -0.15) is 0 Å². The number of carbonyl (C=O) groups excluding carboxylic acids is 1. The Balaban J connectivity index is 1.73. The molecule has 1 aromatic carbocycles. The lowest BCUT2D eigenvalue weighted by Crippen LogP contribution is -2.31. The van der Waals surface area contributed by atoms with Crippen LogP contribution in [-0.4, -0.2) is 31.0 Å². The molecule has 0 saturated carbocycles. The fraction of sp³-hybridized carbons (Fsp3) is 0.267. The molecule has 0 spiro atoms. The number of amides is 1. The summed E-state index contributed by atoms with van der Waals surface area (Å²) < 4.78 is 6.63. The molecule has 0 N–H and O–H groups in total. The molecule has 0 aliphatic carbocycles. The zero-order valence-corrected chi connectivity index (χ0v) is 13.6. The lowest BCUT2D eigenvalue weighted by molar-refractivity contribution is -0.129. The smallest absolute Gasteiger partial charge is 0.227 e. The lowest BCUT2D eigenvalue weighted by Gasteiger charge is -2.17. The number of benzene rings is 1. The Labute approximate surface area is 131 Å². The third-order valence-electron chi connectivity index (χ3n) is 2.84. The Morgan fingerprint density at radius 1 is 1.30 bits per heavy atom. The van der Waals surface area contributed by atoms with Crippen LogP contribution in [0.15, 0.2) is 46.3 Å². The summed E-state index contributed by atoms with van der Waals surface area (Å²) in [5.41, 5.74) is 0. The van der Waals surface area contributed by atoms with E-state index in [1.165, 1.54) is 0 Å². The molecule has 1 aromatic heterocycles. The molecule has 0 aliphatic rings. The number of thiophene rings is 1. The number of hydrogen-bond acceptors (Lipinski definition) is 3. The summed E-state index contributed by atoms with van der Waals surface area (Å²) in [6, 6.07) is 11.6. The van der Waals surface area contributed by atoms with E-state index in [-0.39, 0.29) is 5.91 Å². The van der Waals surface area contributed by atoms with Crippen molar-refractivity contribution in [2.24, 2.45) is 0 Å². The van der Waals surface area contributed by atoms with Crippen molar-refractivity contribution >= 4 is 33.2 Å². The maximum Gasteiger partial charge on any atom is 0.227 e. The van der Waals surface area contributed by atoms with Gasteiger partial charge < -0.3 is 9.64 Å². The Kier molecular flexibility index (Phi) is 5.61. The van der Waals surface area contributed by atoms with E-state index in [0.29, 0.717) is 19.6 Å². The zero-order valence-electron chi connectivity index (χ0n) is 11.2. The van der Waals surface area contributed by atoms with Gasteiger partial charge in [0.05, 0.1) is 13.0 Å². The largest absolute Gasteiger partial charge is 0.492 e. The van der Waals surface area contributed by atoms with Crippen molar-refractivity contribution in [1.82, 2.24) is 4.90 Å². The number of rotatable bonds is 6. The highest BCUT2D eigenvalue weighted by atomic mass is 79.9. The molecule has 106 valence electrons. The quantitative estimate of drug-likeness (QED) is 0.794. The van der Waals surface area contributed by atoms with Crippen molar-refractivity contribution < 1.29 is 9.53 Å². The molecule has 2 aromatic rings. The molecule has 0 unspecified atom stereocenters. The molecule has 5 heteroatoms. The van der Waals surface area contributed by atoms with Crippen molar-refractivity contribution in [2.75, 3.05) is 20.2 Å². The van der Waals surface area contributed by atoms with Gasteiger partial charge in [-0.3, -0.25) is 4.79 Å². The Morgan fingerprint density at radius 3 is 2.70 bits per heavy atom. The van der Waals surface area contributed by atoms with Crippen molar-refractivity contribution in [3.8, 4) is 5.75 Å². The van der Waals surface area contributed by atoms with Crippen LogP contribution >= 0.6 is 27.3 Å². The van der Waals surface area contributed by atoms with E-state index in [2.05, 4.69) is 15.9 Å². The Hall–Kier alpha value is -1.33. The van der Waals surface area contributed by atoms with E-state index in [9.17, 15) is 4.79 Å². The summed E-state index contributed by atoms with van der Waals surface area (Å²) >= 11 is 4.98. The molecule has 0 aliphatic heterocycles. The third kappa shape index (κ3) is 4.65. The van der Waals surface area contributed by atoms with E-state index in [1.807, 2.05) is 41.8 Å². The van der Waals surface area contributed by atoms with Crippen molar-refractivity contribution in [2.45, 2.75) is 6.42 Å². The van der Waals surface area contributed by atoms with Gasteiger partial charge in [0.25, 0.3) is 0 Å². The lowest BCUT2D eigenvalue weighted by atomic mass is 10.3. The number of likely N-dealkylation sites (N-methyl/N-ethyl adjacent to an activating group) is 1. The molecule has 0 radical (unpaired) electrons. The van der Waals surface area contributed by atoms with Gasteiger partial charge in [-0.1, -0.05) is 22.0 Å². The predicted octanol–water partition coefficient (Wildman–Crippen LogP) is 3.59. The van der Waals surface area contributed by atoms with Gasteiger partial charge in [-0.15, -0.1) is 11.3 Å². The SMILES string of the molecule is CN(CCOc1ccc(Br)cc1)C(=O)Cc1cccs1. The van der Waals surface area contributed by atoms with Crippen LogP contribution in [0.5, 0.6) is 5.75 Å². The minimum absolute atomic E-state index is 0.117. The molecular formula is C15H16BrNO2S. The summed E-state index contributed by atoms with van der Waals surface area (Å²) in [5.74, 6) is 0.930. The average molecular weight is 354 g/mol. The van der Waals surface area contributed by atoms with Gasteiger partial charge in [0, 0.05) is 16.4 Å². The number of nitrogens with zero attached hydrogens (tertiary/aromatic N) is 1. The van der Waals surface area contributed by atoms with E-state index in [4.69, 9.17) is 4.74 Å². The monoisotopic (exact) mass is 353 g/mol. The van der Waals surface area contributed by atoms with Crippen molar-refractivity contribution in [3.63, 3.8) is 0 Å². The first-order chi connectivity index (χ1) is 9.65. The number of hydrogen-bond donors (Lipinski definition) is 0. The Morgan fingerprint density at radius 2 is 2.05 bits per heavy atom. The second kappa shape index (κ2) is 7.45. The molecule has 0 bridgehead atoms. The summed E-state index contributed by atoms with van der Waals surface area (Å²) in [7, 11) is 1.81. The van der Waals surface area contributed by atoms with Gasteiger partial charge in [0.1, 0.15) is 12.4 Å². The van der Waals surface area contributed by atoms with E-state index in [1.54, 1.807) is 23.3 Å². The highest BCUT2D eigenvalue weighted by Crippen LogP contribution is 2.16. The predicted molar refractivity (Wildman–Crippen MR) is 85.3 cm³/mol. The average Bonchev–Trinajstić information content (AvgIpc) is 2.93. The molecule has 3 nitrogen and oxygen atoms in total. The third-order valence-corrected chi connectivity index (χ3v) is 4.25. The van der Waals surface area contributed by atoms with Crippen LogP contribution in [0.2, 0.25) is 0 Å². The van der Waals surface area contributed by atoms with Gasteiger partial charge in [-0.05, 0) is 35.7 Å². The van der Waals surface area contributed by atoms with Crippen LogP contribution < -0.4 is 4.74 Å². The van der Waals surface area contributed by atoms with Crippen LogP contribution in [0, 0.1) is 0 Å².